The first-order valence-electron chi connectivity index (χ1n) is 8.30. The van der Waals surface area contributed by atoms with E-state index in [1.165, 1.54) is 24.3 Å². The summed E-state index contributed by atoms with van der Waals surface area (Å²) in [4.78, 5) is 22.9. The van der Waals surface area contributed by atoms with Crippen LogP contribution in [0.4, 0.5) is 10.5 Å². The molecular weight excluding hydrogens is 443 g/mol. The maximum atomic E-state index is 12.0. The minimum absolute atomic E-state index is 0. The van der Waals surface area contributed by atoms with E-state index >= 15 is 0 Å². The summed E-state index contributed by atoms with van der Waals surface area (Å²) < 4.78 is 35.4. The molecule has 11 heteroatoms. The smallest absolute Gasteiger partial charge is 0.420 e. The number of ether oxygens (including phenoxy) is 2. The molecule has 160 valence electrons. The largest absolute Gasteiger partial charge is 0.492 e. The number of carbonyl (C=O) groups excluding carboxylic acids is 2. The van der Waals surface area contributed by atoms with Crippen molar-refractivity contribution in [1.82, 2.24) is 4.72 Å². The summed E-state index contributed by atoms with van der Waals surface area (Å²) in [6.45, 7) is 0.283. The van der Waals surface area contributed by atoms with Crippen LogP contribution in [0.3, 0.4) is 0 Å². The number of hydrogen-bond donors (Lipinski definition) is 2. The van der Waals surface area contributed by atoms with Gasteiger partial charge in [-0.3, -0.25) is 4.79 Å². The van der Waals surface area contributed by atoms with Gasteiger partial charge in [-0.25, -0.2) is 17.9 Å². The number of halogens is 2. The van der Waals surface area contributed by atoms with E-state index in [1.54, 1.807) is 22.9 Å². The molecule has 0 saturated carbocycles. The van der Waals surface area contributed by atoms with Gasteiger partial charge >= 0.3 is 6.09 Å². The van der Waals surface area contributed by atoms with Gasteiger partial charge in [-0.05, 0) is 48.9 Å². The topological polar surface area (TPSA) is 111 Å². The average molecular weight is 465 g/mol. The van der Waals surface area contributed by atoms with Crippen LogP contribution in [-0.4, -0.2) is 34.1 Å². The number of nitrogens with one attached hydrogen (secondary N) is 2. The maximum absolute atomic E-state index is 12.0. The fraction of sp³-hybridized carbons (Fsp3) is 0.222. The van der Waals surface area contributed by atoms with Crippen molar-refractivity contribution in [1.29, 1.82) is 0 Å². The number of hydrogen-bond acceptors (Lipinski definition) is 6. The van der Waals surface area contributed by atoms with Crippen molar-refractivity contribution in [2.45, 2.75) is 17.7 Å². The predicted molar refractivity (Wildman–Crippen MR) is 113 cm³/mol. The minimum Gasteiger partial charge on any atom is -0.492 e. The molecule has 0 spiro atoms. The van der Waals surface area contributed by atoms with Crippen molar-refractivity contribution in [2.24, 2.45) is 0 Å². The molecule has 2 rings (SSSR count). The van der Waals surface area contributed by atoms with Crippen LogP contribution in [0, 0.1) is 0 Å². The van der Waals surface area contributed by atoms with Crippen LogP contribution in [0.1, 0.15) is 15.7 Å². The molecule has 2 N–H and O–H groups in total. The second-order valence-corrected chi connectivity index (χ2v) is 8.22. The third-order valence-corrected chi connectivity index (χ3v) is 5.41. The Bertz CT molecular complexity index is 991. The molecule has 0 atom stereocenters. The minimum atomic E-state index is -4.04. The van der Waals surface area contributed by atoms with Crippen LogP contribution >= 0.6 is 23.2 Å². The van der Waals surface area contributed by atoms with Crippen molar-refractivity contribution >= 4 is 50.9 Å². The first kappa shape index (κ1) is 22.8. The SMILES string of the molecule is COC(=O)NS(=O)(=O)c1ccc(NC(=O)CCCOc2ccc(Cl)cc2Cl)cc1.[HH].[HH]. The third kappa shape index (κ3) is 7.12. The highest BCUT2D eigenvalue weighted by Gasteiger charge is 2.17. The Morgan fingerprint density at radius 3 is 2.41 bits per heavy atom. The molecule has 0 heterocycles. The third-order valence-electron chi connectivity index (χ3n) is 3.55. The first-order chi connectivity index (χ1) is 13.7. The van der Waals surface area contributed by atoms with E-state index in [0.29, 0.717) is 27.9 Å². The van der Waals surface area contributed by atoms with Gasteiger partial charge < -0.3 is 14.8 Å². The van der Waals surface area contributed by atoms with Crippen LogP contribution in [0.25, 0.3) is 0 Å². The number of carbonyl (C=O) groups is 2. The summed E-state index contributed by atoms with van der Waals surface area (Å²) in [6.07, 6.45) is -0.459. The standard InChI is InChI=1S/C18H18Cl2N2O6S.2H2/c1-27-18(24)22-29(25,26)14-7-5-13(6-8-14)21-17(23)3-2-10-28-16-9-4-12(19)11-15(16)20;;/h4-9,11H,2-3,10H2,1H3,(H,21,23)(H,22,24);2*1H. The lowest BCUT2D eigenvalue weighted by Gasteiger charge is -2.09. The van der Waals surface area contributed by atoms with Crippen molar-refractivity contribution in [3.63, 3.8) is 0 Å². The van der Waals surface area contributed by atoms with E-state index in [1.807, 2.05) is 0 Å². The molecule has 2 aromatic carbocycles. The predicted octanol–water partition coefficient (Wildman–Crippen LogP) is 4.33. The molecule has 2 aromatic rings. The lowest BCUT2D eigenvalue weighted by molar-refractivity contribution is -0.116. The van der Waals surface area contributed by atoms with Gasteiger partial charge in [0.2, 0.25) is 5.91 Å². The Hall–Kier alpha value is -2.49. The van der Waals surface area contributed by atoms with Crippen molar-refractivity contribution in [3.8, 4) is 5.75 Å². The monoisotopic (exact) mass is 464 g/mol. The van der Waals surface area contributed by atoms with E-state index in [2.05, 4.69) is 10.1 Å². The maximum Gasteiger partial charge on any atom is 0.420 e. The summed E-state index contributed by atoms with van der Waals surface area (Å²) in [7, 11) is -2.99. The summed E-state index contributed by atoms with van der Waals surface area (Å²) >= 11 is 11.8. The fourth-order valence-electron chi connectivity index (χ4n) is 2.16. The molecule has 0 unspecified atom stereocenters. The molecule has 0 saturated heterocycles. The Morgan fingerprint density at radius 1 is 1.10 bits per heavy atom. The highest BCUT2D eigenvalue weighted by molar-refractivity contribution is 7.90. The van der Waals surface area contributed by atoms with Gasteiger partial charge in [-0.1, -0.05) is 23.2 Å². The number of methoxy groups -OCH3 is 1. The molecule has 0 bridgehead atoms. The molecule has 0 aliphatic rings. The van der Waals surface area contributed by atoms with E-state index < -0.39 is 16.1 Å². The van der Waals surface area contributed by atoms with Gasteiger partial charge in [0.1, 0.15) is 5.75 Å². The van der Waals surface area contributed by atoms with Crippen LogP contribution < -0.4 is 14.8 Å². The lowest BCUT2D eigenvalue weighted by Crippen LogP contribution is -2.30. The van der Waals surface area contributed by atoms with Gasteiger partial charge in [-0.15, -0.1) is 0 Å². The van der Waals surface area contributed by atoms with Crippen molar-refractivity contribution < 1.29 is 30.3 Å². The molecule has 29 heavy (non-hydrogen) atoms. The van der Waals surface area contributed by atoms with E-state index in [9.17, 15) is 18.0 Å². The van der Waals surface area contributed by atoms with Crippen LogP contribution in [-0.2, 0) is 19.6 Å². The zero-order chi connectivity index (χ0) is 21.4. The fourth-order valence-corrected chi connectivity index (χ4v) is 3.54. The Balaban J connectivity index is 0.00000450. The Morgan fingerprint density at radius 2 is 1.79 bits per heavy atom. The number of rotatable bonds is 8. The number of anilines is 1. The average Bonchev–Trinajstić information content (AvgIpc) is 2.66. The molecule has 0 radical (unpaired) electrons. The van der Waals surface area contributed by atoms with Gasteiger partial charge in [0.05, 0.1) is 23.6 Å². The highest BCUT2D eigenvalue weighted by atomic mass is 35.5. The van der Waals surface area contributed by atoms with Gasteiger partial charge in [0.25, 0.3) is 10.0 Å². The number of sulfonamides is 1. The molecule has 0 aliphatic carbocycles. The highest BCUT2D eigenvalue weighted by Crippen LogP contribution is 2.27. The van der Waals surface area contributed by atoms with Gasteiger partial charge in [-0.2, -0.15) is 0 Å². The Labute approximate surface area is 181 Å². The molecule has 0 aliphatic heterocycles. The van der Waals surface area contributed by atoms with E-state index in [0.717, 1.165) is 7.11 Å². The van der Waals surface area contributed by atoms with Crippen molar-refractivity contribution in [3.05, 3.63) is 52.5 Å². The zero-order valence-corrected chi connectivity index (χ0v) is 17.6. The van der Waals surface area contributed by atoms with Crippen LogP contribution in [0.2, 0.25) is 10.0 Å². The zero-order valence-electron chi connectivity index (χ0n) is 15.3. The first-order valence-corrected chi connectivity index (χ1v) is 10.5. The molecule has 8 nitrogen and oxygen atoms in total. The normalized spacial score (nSPS) is 10.9. The van der Waals surface area contributed by atoms with E-state index in [4.69, 9.17) is 27.9 Å². The summed E-state index contributed by atoms with van der Waals surface area (Å²) in [6, 6.07) is 10.2. The van der Waals surface area contributed by atoms with Crippen molar-refractivity contribution in [2.75, 3.05) is 19.0 Å². The molecule has 2 amide bonds. The van der Waals surface area contributed by atoms with Gasteiger partial charge in [0.15, 0.2) is 0 Å². The summed E-state index contributed by atoms with van der Waals surface area (Å²) in [5, 5.41) is 3.53. The molecule has 0 aromatic heterocycles. The summed E-state index contributed by atoms with van der Waals surface area (Å²) in [5.74, 6) is 0.216. The van der Waals surface area contributed by atoms with E-state index in [-0.39, 0.29) is 26.7 Å². The number of amides is 2. The lowest BCUT2D eigenvalue weighted by atomic mass is 10.2. The second kappa shape index (κ2) is 10.3. The number of benzene rings is 2. The Kier molecular flexibility index (Phi) is 8.12. The second-order valence-electron chi connectivity index (χ2n) is 5.70. The molecule has 0 fully saturated rings. The quantitative estimate of drug-likeness (QED) is 0.562. The van der Waals surface area contributed by atoms with Crippen LogP contribution in [0.15, 0.2) is 47.4 Å². The molecular formula is C18H22Cl2N2O6S. The van der Waals surface area contributed by atoms with Crippen LogP contribution in [0.5, 0.6) is 5.75 Å². The van der Waals surface area contributed by atoms with Gasteiger partial charge in [0, 0.05) is 20.0 Å². The summed E-state index contributed by atoms with van der Waals surface area (Å²) in [5.41, 5.74) is 0.411.